The number of aromatic nitrogens is 3. The number of carbonyl (C=O) groups excluding carboxylic acids is 1. The molecule has 2 heterocycles. The molecule has 34 heavy (non-hydrogen) atoms. The lowest BCUT2D eigenvalue weighted by Crippen LogP contribution is -2.08. The van der Waals surface area contributed by atoms with Crippen molar-refractivity contribution >= 4 is 17.6 Å². The lowest BCUT2D eigenvalue weighted by atomic mass is 10.1. The van der Waals surface area contributed by atoms with Crippen LogP contribution in [0.1, 0.15) is 28.0 Å². The molecule has 2 aromatic heterocycles. The third kappa shape index (κ3) is 5.46. The summed E-state index contributed by atoms with van der Waals surface area (Å²) in [5, 5.41) is 3.99. The lowest BCUT2D eigenvalue weighted by molar-refractivity contribution is -0.141. The molecule has 4 rings (SSSR count). The molecule has 0 amide bonds. The second-order valence-corrected chi connectivity index (χ2v) is 7.86. The summed E-state index contributed by atoms with van der Waals surface area (Å²) in [6.07, 6.45) is 0.206. The number of halogens is 4. The molecule has 0 saturated heterocycles. The monoisotopic (exact) mass is 485 g/mol. The molecule has 174 valence electrons. The van der Waals surface area contributed by atoms with Crippen LogP contribution in [-0.2, 0) is 17.3 Å². The zero-order valence-corrected chi connectivity index (χ0v) is 18.6. The molecule has 0 atom stereocenters. The lowest BCUT2D eigenvalue weighted by Gasteiger charge is -2.10. The number of esters is 1. The van der Waals surface area contributed by atoms with Crippen LogP contribution in [0.15, 0.2) is 79.1 Å². The molecule has 0 fully saturated rings. The van der Waals surface area contributed by atoms with Gasteiger partial charge in [-0.1, -0.05) is 41.9 Å². The minimum Gasteiger partial charge on any atom is -0.462 e. The van der Waals surface area contributed by atoms with Crippen LogP contribution >= 0.6 is 11.6 Å². The van der Waals surface area contributed by atoms with Crippen LogP contribution in [0.4, 0.5) is 13.2 Å². The molecule has 0 spiro atoms. The molecule has 0 aliphatic rings. The van der Waals surface area contributed by atoms with Gasteiger partial charge in [-0.15, -0.1) is 0 Å². The highest BCUT2D eigenvalue weighted by Crippen LogP contribution is 2.34. The van der Waals surface area contributed by atoms with Crippen molar-refractivity contribution in [2.75, 3.05) is 6.61 Å². The largest absolute Gasteiger partial charge is 0.462 e. The molecule has 5 nitrogen and oxygen atoms in total. The fourth-order valence-electron chi connectivity index (χ4n) is 3.38. The molecule has 0 N–H and O–H groups in total. The molecule has 0 aliphatic carbocycles. The van der Waals surface area contributed by atoms with Crippen molar-refractivity contribution in [2.45, 2.75) is 19.0 Å². The summed E-state index contributed by atoms with van der Waals surface area (Å²) in [7, 11) is 0. The Morgan fingerprint density at radius 2 is 1.79 bits per heavy atom. The first kappa shape index (κ1) is 23.5. The van der Waals surface area contributed by atoms with Gasteiger partial charge in [-0.05, 0) is 54.8 Å². The first-order valence-electron chi connectivity index (χ1n) is 10.4. The number of nitrogens with zero attached hydrogens (tertiary/aromatic N) is 3. The van der Waals surface area contributed by atoms with Crippen LogP contribution in [0, 0.1) is 0 Å². The van der Waals surface area contributed by atoms with Crippen LogP contribution in [0.5, 0.6) is 0 Å². The van der Waals surface area contributed by atoms with E-state index in [1.807, 2.05) is 12.1 Å². The fraction of sp³-hybridized carbons (Fsp3) is 0.160. The minimum atomic E-state index is -4.62. The summed E-state index contributed by atoms with van der Waals surface area (Å²) in [6, 6.07) is 17.4. The smallest absolute Gasteiger partial charge is 0.435 e. The Morgan fingerprint density at radius 1 is 1.03 bits per heavy atom. The van der Waals surface area contributed by atoms with Crippen LogP contribution < -0.4 is 0 Å². The molecule has 0 radical (unpaired) electrons. The predicted molar refractivity (Wildman–Crippen MR) is 122 cm³/mol. The zero-order valence-electron chi connectivity index (χ0n) is 17.8. The number of ether oxygens (including phenoxy) is 1. The summed E-state index contributed by atoms with van der Waals surface area (Å²) >= 11 is 6.20. The fourth-order valence-corrected chi connectivity index (χ4v) is 3.60. The van der Waals surface area contributed by atoms with E-state index in [-0.39, 0.29) is 17.3 Å². The van der Waals surface area contributed by atoms with E-state index in [1.54, 1.807) is 48.8 Å². The van der Waals surface area contributed by atoms with Gasteiger partial charge in [-0.2, -0.15) is 18.3 Å². The van der Waals surface area contributed by atoms with Gasteiger partial charge in [0.25, 0.3) is 0 Å². The molecular formula is C25H19ClF3N3O2. The maximum Gasteiger partial charge on any atom is 0.435 e. The van der Waals surface area contributed by atoms with E-state index in [0.29, 0.717) is 23.2 Å². The first-order valence-corrected chi connectivity index (χ1v) is 10.8. The number of para-hydroxylation sites is 1. The van der Waals surface area contributed by atoms with Crippen LogP contribution in [0.2, 0.25) is 5.02 Å². The Balaban J connectivity index is 1.50. The van der Waals surface area contributed by atoms with Crippen molar-refractivity contribution in [3.05, 3.63) is 101 Å². The molecule has 0 aliphatic heterocycles. The van der Waals surface area contributed by atoms with Crippen LogP contribution in [0.25, 0.3) is 16.9 Å². The van der Waals surface area contributed by atoms with Gasteiger partial charge in [0.2, 0.25) is 0 Å². The molecular weight excluding hydrogens is 467 g/mol. The Hall–Kier alpha value is -3.65. The van der Waals surface area contributed by atoms with Crippen molar-refractivity contribution in [2.24, 2.45) is 0 Å². The average Bonchev–Trinajstić information content (AvgIpc) is 3.29. The standard InChI is InChI=1S/C25H19ClF3N3O2/c26-20-7-1-2-8-21(20)32-22(15-23(31-32)25(27,28)29)18-9-11-19(12-10-18)24(33)34-14-4-6-17-5-3-13-30-16-17/h1-3,5,7-13,15-16H,4,6,14H2. The SMILES string of the molecule is O=C(OCCCc1cccnc1)c1ccc(-c2cc(C(F)(F)F)nn2-c2ccccc2Cl)cc1. The van der Waals surface area contributed by atoms with E-state index < -0.39 is 17.8 Å². The topological polar surface area (TPSA) is 57.0 Å². The van der Waals surface area contributed by atoms with Gasteiger partial charge in [0.15, 0.2) is 5.69 Å². The number of hydrogen-bond acceptors (Lipinski definition) is 4. The van der Waals surface area contributed by atoms with Crippen molar-refractivity contribution in [3.8, 4) is 16.9 Å². The summed E-state index contributed by atoms with van der Waals surface area (Å²) in [4.78, 5) is 16.4. The number of carbonyl (C=O) groups is 1. The maximum absolute atomic E-state index is 13.4. The normalized spacial score (nSPS) is 11.4. The van der Waals surface area contributed by atoms with Gasteiger partial charge in [0, 0.05) is 18.0 Å². The van der Waals surface area contributed by atoms with Crippen LogP contribution in [-0.4, -0.2) is 27.3 Å². The second kappa shape index (κ2) is 10.1. The second-order valence-electron chi connectivity index (χ2n) is 7.45. The summed E-state index contributed by atoms with van der Waals surface area (Å²) in [5.41, 5.74) is 1.25. The Labute approximate surface area is 198 Å². The van der Waals surface area contributed by atoms with E-state index in [9.17, 15) is 18.0 Å². The van der Waals surface area contributed by atoms with Gasteiger partial charge in [0.1, 0.15) is 0 Å². The summed E-state index contributed by atoms with van der Waals surface area (Å²) in [6.45, 7) is 0.240. The van der Waals surface area contributed by atoms with E-state index in [2.05, 4.69) is 10.1 Å². The summed E-state index contributed by atoms with van der Waals surface area (Å²) < 4.78 is 46.6. The third-order valence-electron chi connectivity index (χ3n) is 5.06. The first-order chi connectivity index (χ1) is 16.3. The minimum absolute atomic E-state index is 0.191. The quantitative estimate of drug-likeness (QED) is 0.224. The molecule has 0 bridgehead atoms. The van der Waals surface area contributed by atoms with E-state index in [4.69, 9.17) is 16.3 Å². The van der Waals surface area contributed by atoms with Crippen molar-refractivity contribution < 1.29 is 22.7 Å². The zero-order chi connectivity index (χ0) is 24.1. The van der Waals surface area contributed by atoms with Crippen molar-refractivity contribution in [3.63, 3.8) is 0 Å². The number of benzene rings is 2. The number of hydrogen-bond donors (Lipinski definition) is 0. The molecule has 9 heteroatoms. The van der Waals surface area contributed by atoms with E-state index >= 15 is 0 Å². The van der Waals surface area contributed by atoms with E-state index in [1.165, 1.54) is 12.1 Å². The number of pyridine rings is 1. The summed E-state index contributed by atoms with van der Waals surface area (Å²) in [5.74, 6) is -0.506. The molecule has 0 unspecified atom stereocenters. The Kier molecular flexibility index (Phi) is 6.98. The molecule has 4 aromatic rings. The van der Waals surface area contributed by atoms with Gasteiger partial charge in [-0.3, -0.25) is 4.98 Å². The third-order valence-corrected chi connectivity index (χ3v) is 5.38. The van der Waals surface area contributed by atoms with E-state index in [0.717, 1.165) is 22.7 Å². The van der Waals surface area contributed by atoms with Gasteiger partial charge in [-0.25, -0.2) is 9.48 Å². The number of aryl methyl sites for hydroxylation is 1. The van der Waals surface area contributed by atoms with Crippen molar-refractivity contribution in [1.29, 1.82) is 0 Å². The van der Waals surface area contributed by atoms with Crippen molar-refractivity contribution in [1.82, 2.24) is 14.8 Å². The van der Waals surface area contributed by atoms with Crippen LogP contribution in [0.3, 0.4) is 0 Å². The predicted octanol–water partition coefficient (Wildman–Crippen LogP) is 6.40. The average molecular weight is 486 g/mol. The molecule has 0 saturated carbocycles. The van der Waals surface area contributed by atoms with Gasteiger partial charge >= 0.3 is 12.1 Å². The Bertz CT molecular complexity index is 1270. The highest BCUT2D eigenvalue weighted by atomic mass is 35.5. The van der Waals surface area contributed by atoms with Gasteiger partial charge < -0.3 is 4.74 Å². The van der Waals surface area contributed by atoms with Gasteiger partial charge in [0.05, 0.1) is 28.6 Å². The maximum atomic E-state index is 13.4. The highest BCUT2D eigenvalue weighted by Gasteiger charge is 2.35. The number of alkyl halides is 3. The number of rotatable bonds is 7. The highest BCUT2D eigenvalue weighted by molar-refractivity contribution is 6.32. The molecule has 2 aromatic carbocycles. The Morgan fingerprint density at radius 3 is 2.47 bits per heavy atom.